The first kappa shape index (κ1) is 18.6. The number of carbonyl (C=O) groups excluding carboxylic acids is 1. The van der Waals surface area contributed by atoms with Crippen LogP contribution < -0.4 is 0 Å². The summed E-state index contributed by atoms with van der Waals surface area (Å²) in [5, 5.41) is 11.1. The third kappa shape index (κ3) is 2.70. The van der Waals surface area contributed by atoms with Crippen molar-refractivity contribution in [3.63, 3.8) is 0 Å². The van der Waals surface area contributed by atoms with Gasteiger partial charge in [-0.2, -0.15) is 8.42 Å². The van der Waals surface area contributed by atoms with Gasteiger partial charge in [0.05, 0.1) is 12.2 Å². The number of aliphatic hydroxyl groups is 1. The van der Waals surface area contributed by atoms with Gasteiger partial charge in [-0.25, -0.2) is 4.18 Å². The van der Waals surface area contributed by atoms with E-state index in [1.54, 1.807) is 6.08 Å². The highest BCUT2D eigenvalue weighted by atomic mass is 32.3. The van der Waals surface area contributed by atoms with E-state index in [0.29, 0.717) is 19.3 Å². The zero-order valence-corrected chi connectivity index (χ0v) is 16.2. The Morgan fingerprint density at radius 3 is 2.62 bits per heavy atom. The minimum absolute atomic E-state index is 0.0955. The van der Waals surface area contributed by atoms with Crippen LogP contribution in [0.1, 0.15) is 58.8 Å². The molecular weight excluding hydrogens is 356 g/mol. The molecule has 0 spiro atoms. The van der Waals surface area contributed by atoms with E-state index in [9.17, 15) is 18.3 Å². The first-order chi connectivity index (χ1) is 12.0. The van der Waals surface area contributed by atoms with Gasteiger partial charge in [-0.3, -0.25) is 9.35 Å². The van der Waals surface area contributed by atoms with Gasteiger partial charge in [0, 0.05) is 11.8 Å². The molecular formula is C19H28O6S. The normalized spacial score (nSPS) is 48.4. The molecule has 0 aromatic rings. The van der Waals surface area contributed by atoms with Gasteiger partial charge in [-0.05, 0) is 67.8 Å². The molecule has 0 saturated heterocycles. The fourth-order valence-electron chi connectivity index (χ4n) is 6.95. The van der Waals surface area contributed by atoms with Crippen LogP contribution in [0, 0.1) is 28.6 Å². The number of allylic oxidation sites excluding steroid dienone is 1. The Morgan fingerprint density at radius 1 is 1.19 bits per heavy atom. The van der Waals surface area contributed by atoms with E-state index < -0.39 is 28.0 Å². The molecule has 146 valence electrons. The average Bonchev–Trinajstić information content (AvgIpc) is 2.82. The molecule has 4 aliphatic rings. The Bertz CT molecular complexity index is 758. The van der Waals surface area contributed by atoms with Crippen molar-refractivity contribution in [3.8, 4) is 0 Å². The largest absolute Gasteiger partial charge is 0.397 e. The predicted molar refractivity (Wildman–Crippen MR) is 94.5 cm³/mol. The first-order valence-electron chi connectivity index (χ1n) is 9.62. The molecule has 0 bridgehead atoms. The van der Waals surface area contributed by atoms with Crippen molar-refractivity contribution in [3.05, 3.63) is 11.6 Å². The van der Waals surface area contributed by atoms with Crippen molar-refractivity contribution < 1.29 is 27.1 Å². The predicted octanol–water partition coefficient (Wildman–Crippen LogP) is 2.68. The van der Waals surface area contributed by atoms with Crippen molar-refractivity contribution >= 4 is 16.2 Å². The summed E-state index contributed by atoms with van der Waals surface area (Å²) in [4.78, 5) is 11.9. The molecule has 6 nitrogen and oxygen atoms in total. The van der Waals surface area contributed by atoms with E-state index >= 15 is 0 Å². The van der Waals surface area contributed by atoms with Crippen molar-refractivity contribution in [2.24, 2.45) is 28.6 Å². The van der Waals surface area contributed by atoms with Crippen LogP contribution in [-0.2, 0) is 19.4 Å². The molecule has 7 heteroatoms. The van der Waals surface area contributed by atoms with E-state index in [-0.39, 0.29) is 29.0 Å². The highest BCUT2D eigenvalue weighted by Gasteiger charge is 2.62. The standard InChI is InChI=1S/C19H28O6S/c1-18-8-7-12(20)9-11(18)3-4-13-14-5-6-16(25-26(22,23)24)19(14,2)10-15(21)17(13)18/h9,13-17,21H,3-8,10H2,1-2H3,(H,22,23,24). The summed E-state index contributed by atoms with van der Waals surface area (Å²) in [6, 6.07) is 0. The van der Waals surface area contributed by atoms with E-state index in [1.165, 1.54) is 5.57 Å². The fraction of sp³-hybridized carbons (Fsp3) is 0.842. The van der Waals surface area contributed by atoms with Crippen LogP contribution in [-0.4, -0.2) is 36.1 Å². The molecule has 0 aromatic carbocycles. The molecule has 0 amide bonds. The Kier molecular flexibility index (Phi) is 4.20. The van der Waals surface area contributed by atoms with Gasteiger partial charge in [0.1, 0.15) is 0 Å². The molecule has 2 N–H and O–H groups in total. The number of rotatable bonds is 2. The smallest absolute Gasteiger partial charge is 0.393 e. The van der Waals surface area contributed by atoms with Crippen LogP contribution in [0.5, 0.6) is 0 Å². The van der Waals surface area contributed by atoms with Crippen LogP contribution in [0.15, 0.2) is 11.6 Å². The van der Waals surface area contributed by atoms with E-state index in [1.807, 2.05) is 6.92 Å². The number of hydrogen-bond donors (Lipinski definition) is 2. The molecule has 4 rings (SSSR count). The number of fused-ring (bicyclic) bond motifs is 5. The number of hydrogen-bond acceptors (Lipinski definition) is 5. The Morgan fingerprint density at radius 2 is 1.92 bits per heavy atom. The Labute approximate surface area is 155 Å². The summed E-state index contributed by atoms with van der Waals surface area (Å²) >= 11 is 0. The Hall–Kier alpha value is -0.760. The van der Waals surface area contributed by atoms with E-state index in [4.69, 9.17) is 8.74 Å². The van der Waals surface area contributed by atoms with E-state index in [2.05, 4.69) is 6.92 Å². The van der Waals surface area contributed by atoms with Crippen LogP contribution >= 0.6 is 0 Å². The molecule has 0 heterocycles. The van der Waals surface area contributed by atoms with Crippen LogP contribution in [0.25, 0.3) is 0 Å². The third-order valence-corrected chi connectivity index (χ3v) is 8.52. The molecule has 7 unspecified atom stereocenters. The minimum atomic E-state index is -4.51. The zero-order valence-electron chi connectivity index (χ0n) is 15.3. The summed E-state index contributed by atoms with van der Waals surface area (Å²) in [7, 11) is -4.51. The summed E-state index contributed by atoms with van der Waals surface area (Å²) in [5.74, 6) is 0.833. The second-order valence-electron chi connectivity index (χ2n) is 9.26. The maximum atomic E-state index is 11.9. The lowest BCUT2D eigenvalue weighted by Gasteiger charge is -2.59. The lowest BCUT2D eigenvalue weighted by molar-refractivity contribution is -0.139. The zero-order chi connectivity index (χ0) is 18.9. The van der Waals surface area contributed by atoms with Gasteiger partial charge in [-0.15, -0.1) is 0 Å². The lowest BCUT2D eigenvalue weighted by Crippen LogP contribution is -2.57. The second kappa shape index (κ2) is 5.87. The molecule has 0 radical (unpaired) electrons. The molecule has 4 aliphatic carbocycles. The monoisotopic (exact) mass is 384 g/mol. The molecule has 3 saturated carbocycles. The van der Waals surface area contributed by atoms with Crippen molar-refractivity contribution in [2.75, 3.05) is 0 Å². The van der Waals surface area contributed by atoms with Crippen molar-refractivity contribution in [1.82, 2.24) is 0 Å². The van der Waals surface area contributed by atoms with Gasteiger partial charge in [0.2, 0.25) is 0 Å². The summed E-state index contributed by atoms with van der Waals surface area (Å²) in [6.07, 6.45) is 5.64. The minimum Gasteiger partial charge on any atom is -0.393 e. The van der Waals surface area contributed by atoms with Crippen LogP contribution in [0.2, 0.25) is 0 Å². The SMILES string of the molecule is CC12CCC(=O)C=C1CCC1C2C(O)CC2(C)C(OS(=O)(=O)O)CCC12. The topological polar surface area (TPSA) is 101 Å². The average molecular weight is 384 g/mol. The van der Waals surface area contributed by atoms with Crippen LogP contribution in [0.4, 0.5) is 0 Å². The van der Waals surface area contributed by atoms with Crippen molar-refractivity contribution in [1.29, 1.82) is 0 Å². The van der Waals surface area contributed by atoms with Gasteiger partial charge in [0.15, 0.2) is 5.78 Å². The molecule has 26 heavy (non-hydrogen) atoms. The van der Waals surface area contributed by atoms with E-state index in [0.717, 1.165) is 25.7 Å². The molecule has 7 atom stereocenters. The first-order valence-corrected chi connectivity index (χ1v) is 11.0. The third-order valence-electron chi connectivity index (χ3n) is 8.04. The Balaban J connectivity index is 1.68. The van der Waals surface area contributed by atoms with Crippen LogP contribution in [0.3, 0.4) is 0 Å². The quantitative estimate of drug-likeness (QED) is 0.710. The number of carbonyl (C=O) groups is 1. The summed E-state index contributed by atoms with van der Waals surface area (Å²) < 4.78 is 36.7. The maximum absolute atomic E-state index is 11.9. The number of ketones is 1. The molecule has 3 fully saturated rings. The second-order valence-corrected chi connectivity index (χ2v) is 10.3. The highest BCUT2D eigenvalue weighted by Crippen LogP contribution is 2.65. The fourth-order valence-corrected chi connectivity index (χ4v) is 7.56. The number of aliphatic hydroxyl groups excluding tert-OH is 1. The summed E-state index contributed by atoms with van der Waals surface area (Å²) in [6.45, 7) is 4.19. The molecule has 0 aromatic heterocycles. The highest BCUT2D eigenvalue weighted by molar-refractivity contribution is 7.80. The van der Waals surface area contributed by atoms with Gasteiger partial charge < -0.3 is 5.11 Å². The maximum Gasteiger partial charge on any atom is 0.397 e. The lowest BCUT2D eigenvalue weighted by atomic mass is 9.46. The summed E-state index contributed by atoms with van der Waals surface area (Å²) in [5.41, 5.74) is 0.569. The van der Waals surface area contributed by atoms with Gasteiger partial charge in [-0.1, -0.05) is 19.4 Å². The van der Waals surface area contributed by atoms with Crippen molar-refractivity contribution in [2.45, 2.75) is 71.0 Å². The van der Waals surface area contributed by atoms with Gasteiger partial charge in [0.25, 0.3) is 0 Å². The molecule has 0 aliphatic heterocycles. The van der Waals surface area contributed by atoms with Gasteiger partial charge >= 0.3 is 10.4 Å².